The number of hydrazine groups is 1. The van der Waals surface area contributed by atoms with E-state index in [1.165, 1.54) is 0 Å². The van der Waals surface area contributed by atoms with Crippen molar-refractivity contribution >= 4 is 11.7 Å². The number of amides is 1. The second-order valence-corrected chi connectivity index (χ2v) is 5.31. The summed E-state index contributed by atoms with van der Waals surface area (Å²) in [6.07, 6.45) is 1.69. The molecule has 1 saturated heterocycles. The first-order valence-electron chi connectivity index (χ1n) is 6.58. The van der Waals surface area contributed by atoms with Crippen molar-refractivity contribution in [3.05, 3.63) is 23.9 Å². The van der Waals surface area contributed by atoms with Gasteiger partial charge in [0.1, 0.15) is 0 Å². The van der Waals surface area contributed by atoms with Crippen LogP contribution in [-0.2, 0) is 0 Å². The Kier molecular flexibility index (Phi) is 4.53. The quantitative estimate of drug-likeness (QED) is 0.508. The van der Waals surface area contributed by atoms with Gasteiger partial charge in [0, 0.05) is 25.3 Å². The number of aliphatic hydroxyl groups is 1. The molecule has 1 aromatic rings. The fourth-order valence-electron chi connectivity index (χ4n) is 2.58. The van der Waals surface area contributed by atoms with Crippen molar-refractivity contribution < 1.29 is 9.90 Å². The molecule has 0 radical (unpaired) electrons. The zero-order valence-electron chi connectivity index (χ0n) is 11.8. The van der Waals surface area contributed by atoms with Gasteiger partial charge in [-0.25, -0.2) is 10.8 Å². The van der Waals surface area contributed by atoms with E-state index >= 15 is 0 Å². The van der Waals surface area contributed by atoms with Crippen molar-refractivity contribution in [3.63, 3.8) is 0 Å². The smallest absolute Gasteiger partial charge is 0.258 e. The molecule has 1 amide bonds. The van der Waals surface area contributed by atoms with E-state index in [9.17, 15) is 9.90 Å². The summed E-state index contributed by atoms with van der Waals surface area (Å²) in [4.78, 5) is 20.4. The first-order chi connectivity index (χ1) is 9.52. The minimum absolute atomic E-state index is 0.00155. The second kappa shape index (κ2) is 6.17. The Hall–Kier alpha value is -1.70. The Morgan fingerprint density at radius 1 is 1.65 bits per heavy atom. The third-order valence-corrected chi connectivity index (χ3v) is 3.40. The molecule has 20 heavy (non-hydrogen) atoms. The summed E-state index contributed by atoms with van der Waals surface area (Å²) in [5.41, 5.74) is 2.86. The lowest BCUT2D eigenvalue weighted by atomic mass is 10.1. The van der Waals surface area contributed by atoms with Crippen LogP contribution in [0.2, 0.25) is 0 Å². The number of carbonyl (C=O) groups is 1. The van der Waals surface area contributed by atoms with Crippen molar-refractivity contribution in [2.75, 3.05) is 32.6 Å². The monoisotopic (exact) mass is 279 g/mol. The number of aromatic nitrogens is 1. The Morgan fingerprint density at radius 3 is 3.05 bits per heavy atom. The number of carbonyl (C=O) groups excluding carboxylic acids is 1. The second-order valence-electron chi connectivity index (χ2n) is 5.31. The standard InChI is InChI=1S/C13H21N5O2/c1-17(2)7-9-6-10(19)8-18(9)13(20)11-4-3-5-15-12(11)16-14/h3-5,9-10,19H,6-8,14H2,1-2H3,(H,15,16). The van der Waals surface area contributed by atoms with Crippen LogP contribution in [0, 0.1) is 0 Å². The van der Waals surface area contributed by atoms with Crippen LogP contribution in [0.5, 0.6) is 0 Å². The number of anilines is 1. The summed E-state index contributed by atoms with van der Waals surface area (Å²) >= 11 is 0. The maximum Gasteiger partial charge on any atom is 0.258 e. The van der Waals surface area contributed by atoms with Crippen molar-refractivity contribution in [2.45, 2.75) is 18.6 Å². The number of rotatable bonds is 4. The van der Waals surface area contributed by atoms with Crippen LogP contribution in [-0.4, -0.2) is 65.1 Å². The third kappa shape index (κ3) is 3.06. The zero-order valence-corrected chi connectivity index (χ0v) is 11.8. The Bertz CT molecular complexity index is 480. The highest BCUT2D eigenvalue weighted by molar-refractivity contribution is 5.99. The number of aliphatic hydroxyl groups excluding tert-OH is 1. The normalized spacial score (nSPS) is 22.4. The van der Waals surface area contributed by atoms with E-state index in [2.05, 4.69) is 10.4 Å². The Morgan fingerprint density at radius 2 is 2.40 bits per heavy atom. The molecule has 1 aliphatic heterocycles. The molecule has 2 unspecified atom stereocenters. The first kappa shape index (κ1) is 14.7. The number of β-amino-alcohol motifs (C(OH)–C–C–N with tert-alkyl or cyclic N) is 1. The number of nitrogens with zero attached hydrogens (tertiary/aromatic N) is 3. The highest BCUT2D eigenvalue weighted by atomic mass is 16.3. The van der Waals surface area contributed by atoms with Crippen molar-refractivity contribution in [2.24, 2.45) is 5.84 Å². The van der Waals surface area contributed by atoms with Gasteiger partial charge in [0.05, 0.1) is 11.7 Å². The van der Waals surface area contributed by atoms with Crippen molar-refractivity contribution in [1.29, 1.82) is 0 Å². The number of nitrogens with two attached hydrogens (primary N) is 1. The molecule has 1 aromatic heterocycles. The summed E-state index contributed by atoms with van der Waals surface area (Å²) in [6, 6.07) is 3.38. The average molecular weight is 279 g/mol. The minimum Gasteiger partial charge on any atom is -0.391 e. The van der Waals surface area contributed by atoms with Gasteiger partial charge in [-0.15, -0.1) is 0 Å². The summed E-state index contributed by atoms with van der Waals surface area (Å²) in [5.74, 6) is 5.58. The minimum atomic E-state index is -0.477. The maximum absolute atomic E-state index is 12.6. The van der Waals surface area contributed by atoms with Gasteiger partial charge < -0.3 is 20.3 Å². The van der Waals surface area contributed by atoms with E-state index < -0.39 is 6.10 Å². The first-order valence-corrected chi connectivity index (χ1v) is 6.58. The van der Waals surface area contributed by atoms with Gasteiger partial charge in [0.15, 0.2) is 5.82 Å². The topological polar surface area (TPSA) is 94.7 Å². The van der Waals surface area contributed by atoms with E-state index in [-0.39, 0.29) is 11.9 Å². The molecule has 110 valence electrons. The lowest BCUT2D eigenvalue weighted by Gasteiger charge is -2.27. The molecule has 7 nitrogen and oxygen atoms in total. The van der Waals surface area contributed by atoms with Gasteiger partial charge in [-0.1, -0.05) is 0 Å². The summed E-state index contributed by atoms with van der Waals surface area (Å²) in [5, 5.41) is 9.84. The molecular formula is C13H21N5O2. The SMILES string of the molecule is CN(C)CC1CC(O)CN1C(=O)c1cccnc1NN. The zero-order chi connectivity index (χ0) is 14.7. The summed E-state index contributed by atoms with van der Waals surface area (Å²) < 4.78 is 0. The number of hydrogen-bond acceptors (Lipinski definition) is 6. The van der Waals surface area contributed by atoms with E-state index in [0.717, 1.165) is 0 Å². The van der Waals surface area contributed by atoms with Crippen LogP contribution in [0.4, 0.5) is 5.82 Å². The molecular weight excluding hydrogens is 258 g/mol. The highest BCUT2D eigenvalue weighted by Crippen LogP contribution is 2.23. The fourth-order valence-corrected chi connectivity index (χ4v) is 2.58. The van der Waals surface area contributed by atoms with Crippen LogP contribution >= 0.6 is 0 Å². The van der Waals surface area contributed by atoms with Gasteiger partial charge in [-0.3, -0.25) is 4.79 Å². The molecule has 0 spiro atoms. The van der Waals surface area contributed by atoms with Crippen LogP contribution in [0.1, 0.15) is 16.8 Å². The molecule has 7 heteroatoms. The van der Waals surface area contributed by atoms with Crippen molar-refractivity contribution in [3.8, 4) is 0 Å². The molecule has 4 N–H and O–H groups in total. The van der Waals surface area contributed by atoms with Gasteiger partial charge in [-0.2, -0.15) is 0 Å². The number of pyridine rings is 1. The molecule has 2 atom stereocenters. The predicted octanol–water partition coefficient (Wildman–Crippen LogP) is -0.496. The molecule has 0 aliphatic carbocycles. The van der Waals surface area contributed by atoms with Crippen LogP contribution in [0.15, 0.2) is 18.3 Å². The van der Waals surface area contributed by atoms with Gasteiger partial charge in [0.25, 0.3) is 5.91 Å². The lowest BCUT2D eigenvalue weighted by molar-refractivity contribution is 0.0699. The molecule has 0 saturated carbocycles. The molecule has 2 rings (SSSR count). The molecule has 1 aliphatic rings. The van der Waals surface area contributed by atoms with Crippen LogP contribution in [0.3, 0.4) is 0 Å². The third-order valence-electron chi connectivity index (χ3n) is 3.40. The van der Waals surface area contributed by atoms with Gasteiger partial charge in [-0.05, 0) is 32.6 Å². The number of likely N-dealkylation sites (N-methyl/N-ethyl adjacent to an activating group) is 1. The highest BCUT2D eigenvalue weighted by Gasteiger charge is 2.35. The number of likely N-dealkylation sites (tertiary alicyclic amines) is 1. The number of hydrogen-bond donors (Lipinski definition) is 3. The fraction of sp³-hybridized carbons (Fsp3) is 0.538. The predicted molar refractivity (Wildman–Crippen MR) is 76.0 cm³/mol. The summed E-state index contributed by atoms with van der Waals surface area (Å²) in [6.45, 7) is 1.06. The van der Waals surface area contributed by atoms with Crippen LogP contribution in [0.25, 0.3) is 0 Å². The number of nitrogens with one attached hydrogen (secondary N) is 1. The van der Waals surface area contributed by atoms with Crippen molar-refractivity contribution in [1.82, 2.24) is 14.8 Å². The maximum atomic E-state index is 12.6. The number of nitrogen functional groups attached to an aromatic ring is 1. The Balaban J connectivity index is 2.22. The molecule has 0 aromatic carbocycles. The van der Waals surface area contributed by atoms with Crippen LogP contribution < -0.4 is 11.3 Å². The molecule has 0 bridgehead atoms. The average Bonchev–Trinajstić information content (AvgIpc) is 2.77. The Labute approximate surface area is 118 Å². The summed E-state index contributed by atoms with van der Waals surface area (Å²) in [7, 11) is 3.90. The lowest BCUT2D eigenvalue weighted by Crippen LogP contribution is -2.41. The van der Waals surface area contributed by atoms with Gasteiger partial charge >= 0.3 is 0 Å². The van der Waals surface area contributed by atoms with E-state index in [4.69, 9.17) is 5.84 Å². The van der Waals surface area contributed by atoms with E-state index in [1.807, 2.05) is 19.0 Å². The van der Waals surface area contributed by atoms with E-state index in [0.29, 0.717) is 30.9 Å². The van der Waals surface area contributed by atoms with E-state index in [1.54, 1.807) is 23.2 Å². The largest absolute Gasteiger partial charge is 0.391 e. The van der Waals surface area contributed by atoms with Gasteiger partial charge in [0.2, 0.25) is 0 Å². The molecule has 1 fully saturated rings. The molecule has 2 heterocycles.